The fourth-order valence-corrected chi connectivity index (χ4v) is 3.34. The van der Waals surface area contributed by atoms with Crippen LogP contribution in [0.4, 0.5) is 4.39 Å². The van der Waals surface area contributed by atoms with Gasteiger partial charge in [-0.25, -0.2) is 23.8 Å². The van der Waals surface area contributed by atoms with E-state index in [1.807, 2.05) is 0 Å². The maximum atomic E-state index is 15.4. The lowest BCUT2D eigenvalue weighted by atomic mass is 10.1. The Labute approximate surface area is 182 Å². The molecule has 8 nitrogen and oxygen atoms in total. The van der Waals surface area contributed by atoms with Crippen LogP contribution in [0.1, 0.15) is 26.9 Å². The van der Waals surface area contributed by atoms with E-state index in [1.54, 1.807) is 48.5 Å². The van der Waals surface area contributed by atoms with Crippen molar-refractivity contribution in [1.29, 1.82) is 0 Å². The Hall–Kier alpha value is -3.85. The standard InChI is InChI=1S/C23H19FN2O6/c24-18-19(32-22(28)16-10-5-2-6-11-16)17(14-30-21(27)15-8-3-1-4-9-15)31-20(18)26-13-7-12-25-23(26)29/h1-13,17-20H,14H2. The molecule has 4 atom stereocenters. The van der Waals surface area contributed by atoms with Crippen molar-refractivity contribution in [2.75, 3.05) is 6.61 Å². The quantitative estimate of drug-likeness (QED) is 0.546. The predicted octanol–water partition coefficient (Wildman–Crippen LogP) is 2.56. The zero-order chi connectivity index (χ0) is 22.5. The fraction of sp³-hybridized carbons (Fsp3) is 0.217. The molecule has 2 aromatic carbocycles. The number of halogens is 1. The van der Waals surface area contributed by atoms with Gasteiger partial charge in [-0.15, -0.1) is 0 Å². The lowest BCUT2D eigenvalue weighted by molar-refractivity contribution is -0.0592. The summed E-state index contributed by atoms with van der Waals surface area (Å²) in [7, 11) is 0. The predicted molar refractivity (Wildman–Crippen MR) is 110 cm³/mol. The molecule has 4 unspecified atom stereocenters. The first-order valence-corrected chi connectivity index (χ1v) is 9.85. The Bertz CT molecular complexity index is 1140. The number of ether oxygens (including phenoxy) is 3. The van der Waals surface area contributed by atoms with Crippen LogP contribution in [0, 0.1) is 0 Å². The molecule has 2 heterocycles. The van der Waals surface area contributed by atoms with E-state index in [0.717, 1.165) is 4.57 Å². The minimum absolute atomic E-state index is 0.224. The molecule has 1 aliphatic heterocycles. The third-order valence-electron chi connectivity index (χ3n) is 4.92. The van der Waals surface area contributed by atoms with Gasteiger partial charge in [-0.3, -0.25) is 4.57 Å². The van der Waals surface area contributed by atoms with Gasteiger partial charge in [-0.2, -0.15) is 0 Å². The molecule has 0 bridgehead atoms. The van der Waals surface area contributed by atoms with Crippen LogP contribution in [0.25, 0.3) is 0 Å². The van der Waals surface area contributed by atoms with Gasteiger partial charge in [-0.05, 0) is 30.3 Å². The number of benzene rings is 2. The topological polar surface area (TPSA) is 96.7 Å². The van der Waals surface area contributed by atoms with Gasteiger partial charge in [0.15, 0.2) is 18.5 Å². The number of carbonyl (C=O) groups excluding carboxylic acids is 2. The summed E-state index contributed by atoms with van der Waals surface area (Å²) in [5.74, 6) is -1.40. The lowest BCUT2D eigenvalue weighted by Crippen LogP contribution is -2.37. The van der Waals surface area contributed by atoms with Gasteiger partial charge in [0.25, 0.3) is 0 Å². The molecule has 3 aromatic rings. The molecule has 1 aliphatic rings. The van der Waals surface area contributed by atoms with Crippen molar-refractivity contribution in [2.45, 2.75) is 24.6 Å². The van der Waals surface area contributed by atoms with Crippen molar-refractivity contribution in [3.63, 3.8) is 0 Å². The lowest BCUT2D eigenvalue weighted by Gasteiger charge is -2.19. The molecule has 0 radical (unpaired) electrons. The summed E-state index contributed by atoms with van der Waals surface area (Å²) in [6.45, 7) is -0.383. The highest BCUT2D eigenvalue weighted by molar-refractivity contribution is 5.90. The average molecular weight is 438 g/mol. The van der Waals surface area contributed by atoms with Crippen LogP contribution < -0.4 is 5.69 Å². The number of esters is 2. The van der Waals surface area contributed by atoms with Crippen molar-refractivity contribution in [3.8, 4) is 0 Å². The molecule has 1 aromatic heterocycles. The molecular weight excluding hydrogens is 419 g/mol. The Morgan fingerprint density at radius 1 is 0.969 bits per heavy atom. The van der Waals surface area contributed by atoms with Crippen LogP contribution in [-0.4, -0.2) is 46.5 Å². The molecule has 0 N–H and O–H groups in total. The summed E-state index contributed by atoms with van der Waals surface area (Å²) in [5.41, 5.74) is -0.197. The number of hydrogen-bond donors (Lipinski definition) is 0. The Balaban J connectivity index is 1.54. The normalized spacial score (nSPS) is 22.3. The van der Waals surface area contributed by atoms with Crippen LogP contribution in [-0.2, 0) is 14.2 Å². The Morgan fingerprint density at radius 3 is 2.22 bits per heavy atom. The molecule has 0 spiro atoms. The molecule has 1 fully saturated rings. The summed E-state index contributed by atoms with van der Waals surface area (Å²) in [6.07, 6.45) is -3.25. The number of rotatable bonds is 6. The Kier molecular flexibility index (Phi) is 6.37. The first kappa shape index (κ1) is 21.4. The number of nitrogens with zero attached hydrogens (tertiary/aromatic N) is 2. The summed E-state index contributed by atoms with van der Waals surface area (Å²) < 4.78 is 32.6. The van der Waals surface area contributed by atoms with Gasteiger partial charge >= 0.3 is 17.6 Å². The van der Waals surface area contributed by atoms with Crippen LogP contribution in [0.2, 0.25) is 0 Å². The van der Waals surface area contributed by atoms with Crippen LogP contribution in [0.15, 0.2) is 83.9 Å². The first-order valence-electron chi connectivity index (χ1n) is 9.85. The molecule has 164 valence electrons. The van der Waals surface area contributed by atoms with Crippen molar-refractivity contribution >= 4 is 11.9 Å². The largest absolute Gasteiger partial charge is 0.459 e. The van der Waals surface area contributed by atoms with E-state index in [0.29, 0.717) is 5.56 Å². The maximum Gasteiger partial charge on any atom is 0.349 e. The van der Waals surface area contributed by atoms with Crippen molar-refractivity contribution < 1.29 is 28.2 Å². The van der Waals surface area contributed by atoms with E-state index in [9.17, 15) is 14.4 Å². The number of alkyl halides is 1. The second-order valence-electron chi connectivity index (χ2n) is 7.02. The monoisotopic (exact) mass is 438 g/mol. The minimum atomic E-state index is -1.90. The second-order valence-corrected chi connectivity index (χ2v) is 7.02. The zero-order valence-electron chi connectivity index (χ0n) is 16.7. The molecule has 0 amide bonds. The third kappa shape index (κ3) is 4.57. The summed E-state index contributed by atoms with van der Waals surface area (Å²) >= 11 is 0. The van der Waals surface area contributed by atoms with Gasteiger partial charge in [0.05, 0.1) is 11.1 Å². The fourth-order valence-electron chi connectivity index (χ4n) is 3.34. The average Bonchev–Trinajstić information content (AvgIpc) is 3.13. The minimum Gasteiger partial charge on any atom is -0.459 e. The van der Waals surface area contributed by atoms with Gasteiger partial charge in [0.1, 0.15) is 12.7 Å². The molecule has 4 rings (SSSR count). The SMILES string of the molecule is O=C(OCC1OC(n2cccnc2=O)C(F)C1OC(=O)c1ccccc1)c1ccccc1. The maximum absolute atomic E-state index is 15.4. The van der Waals surface area contributed by atoms with E-state index < -0.39 is 42.2 Å². The highest BCUT2D eigenvalue weighted by Crippen LogP contribution is 2.34. The summed E-state index contributed by atoms with van der Waals surface area (Å²) in [6, 6.07) is 17.8. The van der Waals surface area contributed by atoms with Gasteiger partial charge < -0.3 is 14.2 Å². The van der Waals surface area contributed by atoms with E-state index in [4.69, 9.17) is 14.2 Å². The van der Waals surface area contributed by atoms with E-state index >= 15 is 4.39 Å². The number of hydrogen-bond acceptors (Lipinski definition) is 7. The third-order valence-corrected chi connectivity index (χ3v) is 4.92. The molecule has 9 heteroatoms. The van der Waals surface area contributed by atoms with Crippen LogP contribution in [0.5, 0.6) is 0 Å². The van der Waals surface area contributed by atoms with Crippen molar-refractivity contribution in [1.82, 2.24) is 9.55 Å². The van der Waals surface area contributed by atoms with E-state index in [2.05, 4.69) is 4.98 Å². The Morgan fingerprint density at radius 2 is 1.59 bits per heavy atom. The number of carbonyl (C=O) groups is 2. The summed E-state index contributed by atoms with van der Waals surface area (Å²) in [5, 5.41) is 0. The van der Waals surface area contributed by atoms with E-state index in [-0.39, 0.29) is 12.2 Å². The highest BCUT2D eigenvalue weighted by Gasteiger charge is 2.49. The highest BCUT2D eigenvalue weighted by atomic mass is 19.1. The van der Waals surface area contributed by atoms with E-state index in [1.165, 1.54) is 30.6 Å². The summed E-state index contributed by atoms with van der Waals surface area (Å²) in [4.78, 5) is 40.5. The molecule has 32 heavy (non-hydrogen) atoms. The molecule has 1 saturated heterocycles. The van der Waals surface area contributed by atoms with Gasteiger partial charge in [0, 0.05) is 12.4 Å². The van der Waals surface area contributed by atoms with Crippen molar-refractivity contribution in [3.05, 3.63) is 101 Å². The van der Waals surface area contributed by atoms with Crippen LogP contribution >= 0.6 is 0 Å². The molecular formula is C23H19FN2O6. The number of aromatic nitrogens is 2. The van der Waals surface area contributed by atoms with Gasteiger partial charge in [0.2, 0.25) is 0 Å². The second kappa shape index (κ2) is 9.52. The smallest absolute Gasteiger partial charge is 0.349 e. The molecule has 0 saturated carbocycles. The first-order chi connectivity index (χ1) is 15.5. The van der Waals surface area contributed by atoms with Gasteiger partial charge in [-0.1, -0.05) is 36.4 Å². The zero-order valence-corrected chi connectivity index (χ0v) is 16.7. The molecule has 0 aliphatic carbocycles. The van der Waals surface area contributed by atoms with Crippen LogP contribution in [0.3, 0.4) is 0 Å². The van der Waals surface area contributed by atoms with Crippen molar-refractivity contribution in [2.24, 2.45) is 0 Å².